The molecule has 5 aromatic rings. The number of rotatable bonds is 11. The highest BCUT2D eigenvalue weighted by molar-refractivity contribution is 5.94. The number of nitrogens with zero attached hydrogens (tertiary/aromatic N) is 15. The maximum atomic E-state index is 12.2. The van der Waals surface area contributed by atoms with Crippen molar-refractivity contribution in [2.24, 2.45) is 34.6 Å². The highest BCUT2D eigenvalue weighted by Crippen LogP contribution is 2.34. The van der Waals surface area contributed by atoms with E-state index in [0.29, 0.717) is 24.2 Å². The van der Waals surface area contributed by atoms with Crippen LogP contribution in [0.5, 0.6) is 6.01 Å². The highest BCUT2D eigenvalue weighted by Gasteiger charge is 2.24. The molecule has 0 atom stereocenters. The number of esters is 2. The van der Waals surface area contributed by atoms with Gasteiger partial charge in [0.25, 0.3) is 11.9 Å². The number of nitrogen functional groups attached to an aromatic ring is 2. The van der Waals surface area contributed by atoms with E-state index in [4.69, 9.17) is 25.7 Å². The molecule has 0 aromatic carbocycles. The van der Waals surface area contributed by atoms with Gasteiger partial charge in [0, 0.05) is 14.1 Å². The first-order chi connectivity index (χ1) is 23.0. The number of carbonyl (C=O) groups is 2. The van der Waals surface area contributed by atoms with Gasteiger partial charge in [0.05, 0.1) is 45.1 Å². The fourth-order valence-corrected chi connectivity index (χ4v) is 4.37. The van der Waals surface area contributed by atoms with Crippen molar-refractivity contribution >= 4 is 46.6 Å². The van der Waals surface area contributed by atoms with Crippen LogP contribution in [0.25, 0.3) is 11.9 Å². The van der Waals surface area contributed by atoms with E-state index in [2.05, 4.69) is 55.8 Å². The normalized spacial score (nSPS) is 11.6. The molecule has 0 unspecified atom stereocenters. The largest absolute Gasteiger partial charge is 0.467 e. The Morgan fingerprint density at radius 3 is 1.77 bits per heavy atom. The maximum Gasteiger partial charge on any atom is 0.343 e. The van der Waals surface area contributed by atoms with Gasteiger partial charge in [-0.1, -0.05) is 13.3 Å². The summed E-state index contributed by atoms with van der Waals surface area (Å²) in [4.78, 5) is 37.4. The van der Waals surface area contributed by atoms with Gasteiger partial charge < -0.3 is 25.7 Å². The van der Waals surface area contributed by atoms with Crippen LogP contribution in [-0.4, -0.2) is 87.3 Å². The van der Waals surface area contributed by atoms with Gasteiger partial charge in [-0.2, -0.15) is 44.7 Å². The summed E-state index contributed by atoms with van der Waals surface area (Å²) in [7, 11) is 7.07. The molecule has 0 fully saturated rings. The van der Waals surface area contributed by atoms with Gasteiger partial charge in [-0.15, -0.1) is 20.5 Å². The van der Waals surface area contributed by atoms with Crippen LogP contribution in [0, 0.1) is 6.92 Å². The monoisotopic (exact) mass is 661 g/mol. The van der Waals surface area contributed by atoms with Crippen molar-refractivity contribution in [1.82, 2.24) is 54.1 Å². The number of methoxy groups -OCH3 is 3. The molecular weight excluding hydrogens is 630 g/mol. The molecule has 0 aliphatic rings. The van der Waals surface area contributed by atoms with Crippen LogP contribution < -0.4 is 16.2 Å². The molecular formula is C26H31N17O5. The molecule has 0 bridgehead atoms. The molecule has 0 spiro atoms. The van der Waals surface area contributed by atoms with Crippen molar-refractivity contribution in [2.45, 2.75) is 26.7 Å². The number of anilines is 2. The lowest BCUT2D eigenvalue weighted by molar-refractivity contribution is 0.0592. The predicted octanol–water partition coefficient (Wildman–Crippen LogP) is 2.55. The van der Waals surface area contributed by atoms with Gasteiger partial charge in [0.2, 0.25) is 0 Å². The topological polar surface area (TPSA) is 273 Å². The zero-order chi connectivity index (χ0) is 34.7. The van der Waals surface area contributed by atoms with Gasteiger partial charge in [-0.3, -0.25) is 0 Å². The SMILES string of the molecule is CCCc1nn(-c2nc(OC)nc(-n3nc(C)c(N=Nc4c(C(=O)OC)cnn4C)c3N)n2)c(N)c1N=Nc1c(C(=O)OC)cnn1C. The summed E-state index contributed by atoms with van der Waals surface area (Å²) >= 11 is 0. The summed E-state index contributed by atoms with van der Waals surface area (Å²) in [5.74, 6) is -0.992. The van der Waals surface area contributed by atoms with Crippen LogP contribution in [0.4, 0.5) is 34.6 Å². The molecule has 0 saturated heterocycles. The van der Waals surface area contributed by atoms with E-state index < -0.39 is 11.9 Å². The van der Waals surface area contributed by atoms with Gasteiger partial charge >= 0.3 is 17.9 Å². The first-order valence-corrected chi connectivity index (χ1v) is 14.1. The van der Waals surface area contributed by atoms with Crippen molar-refractivity contribution < 1.29 is 23.8 Å². The van der Waals surface area contributed by atoms with Crippen LogP contribution >= 0.6 is 0 Å². The molecule has 5 aromatic heterocycles. The molecule has 4 N–H and O–H groups in total. The molecule has 0 amide bonds. The van der Waals surface area contributed by atoms with Gasteiger partial charge in [0.15, 0.2) is 34.6 Å². The number of nitrogens with two attached hydrogens (primary N) is 2. The average Bonchev–Trinajstić information content (AvgIpc) is 3.81. The fraction of sp³-hybridized carbons (Fsp3) is 0.346. The van der Waals surface area contributed by atoms with Crippen molar-refractivity contribution in [3.8, 4) is 17.9 Å². The Kier molecular flexibility index (Phi) is 9.15. The third-order valence-electron chi connectivity index (χ3n) is 6.78. The Labute approximate surface area is 271 Å². The van der Waals surface area contributed by atoms with E-state index in [1.807, 2.05) is 6.92 Å². The molecule has 0 saturated carbocycles. The minimum atomic E-state index is -0.630. The Balaban J connectivity index is 1.56. The van der Waals surface area contributed by atoms with Crippen molar-refractivity contribution in [1.29, 1.82) is 0 Å². The summed E-state index contributed by atoms with van der Waals surface area (Å²) in [5.41, 5.74) is 14.5. The molecule has 5 heterocycles. The molecule has 0 aliphatic carbocycles. The second-order valence-electron chi connectivity index (χ2n) is 9.89. The number of aryl methyl sites for hydroxylation is 4. The second kappa shape index (κ2) is 13.4. The lowest BCUT2D eigenvalue weighted by Crippen LogP contribution is -2.14. The predicted molar refractivity (Wildman–Crippen MR) is 166 cm³/mol. The van der Waals surface area contributed by atoms with E-state index in [1.165, 1.54) is 52.5 Å². The Bertz CT molecular complexity index is 2070. The number of carbonyl (C=O) groups excluding carboxylic acids is 2. The highest BCUT2D eigenvalue weighted by atomic mass is 16.5. The van der Waals surface area contributed by atoms with Crippen LogP contribution in [0.15, 0.2) is 32.9 Å². The summed E-state index contributed by atoms with van der Waals surface area (Å²) in [6.45, 7) is 3.61. The van der Waals surface area contributed by atoms with Crippen LogP contribution in [-0.2, 0) is 30.0 Å². The Hall–Kier alpha value is -6.61. The van der Waals surface area contributed by atoms with Gasteiger partial charge in [-0.05, 0) is 13.3 Å². The van der Waals surface area contributed by atoms with E-state index >= 15 is 0 Å². The van der Waals surface area contributed by atoms with Crippen LogP contribution in [0.1, 0.15) is 45.4 Å². The number of aromatic nitrogens is 11. The standard InChI is InChI=1S/C26H31N17O5/c1-8-9-15-17(35-37-21-14(23(45)47-6)11-30-41(21)4)19(28)43(39-15)25-31-24(32-26(33-25)48-7)42-18(27)16(12(2)38-42)34-36-20-13(22(44)46-5)10-29-40(20)3/h10-11H,8-9,27-28H2,1-7H3. The van der Waals surface area contributed by atoms with Crippen molar-refractivity contribution in [2.75, 3.05) is 32.8 Å². The molecule has 22 heteroatoms. The van der Waals surface area contributed by atoms with Crippen LogP contribution in [0.3, 0.4) is 0 Å². The summed E-state index contributed by atoms with van der Waals surface area (Å²) in [6.07, 6.45) is 3.82. The van der Waals surface area contributed by atoms with E-state index in [9.17, 15) is 9.59 Å². The average molecular weight is 662 g/mol. The molecule has 22 nitrogen and oxygen atoms in total. The van der Waals surface area contributed by atoms with Crippen LogP contribution in [0.2, 0.25) is 0 Å². The third kappa shape index (κ3) is 6.00. The maximum absolute atomic E-state index is 12.2. The first kappa shape index (κ1) is 32.8. The lowest BCUT2D eigenvalue weighted by Gasteiger charge is -2.08. The molecule has 250 valence electrons. The van der Waals surface area contributed by atoms with E-state index in [-0.39, 0.29) is 63.7 Å². The smallest absolute Gasteiger partial charge is 0.343 e. The quantitative estimate of drug-likeness (QED) is 0.152. The Morgan fingerprint density at radius 1 is 0.771 bits per heavy atom. The summed E-state index contributed by atoms with van der Waals surface area (Å²) < 4.78 is 20.1. The first-order valence-electron chi connectivity index (χ1n) is 14.1. The Morgan fingerprint density at radius 2 is 1.27 bits per heavy atom. The molecule has 0 radical (unpaired) electrons. The van der Waals surface area contributed by atoms with Crippen molar-refractivity contribution in [3.63, 3.8) is 0 Å². The summed E-state index contributed by atoms with van der Waals surface area (Å²) in [6, 6.07) is -0.101. The van der Waals surface area contributed by atoms with Gasteiger partial charge in [0.1, 0.15) is 11.1 Å². The second-order valence-corrected chi connectivity index (χ2v) is 9.89. The minimum Gasteiger partial charge on any atom is -0.467 e. The third-order valence-corrected chi connectivity index (χ3v) is 6.78. The summed E-state index contributed by atoms with van der Waals surface area (Å²) in [5, 5.41) is 34.1. The van der Waals surface area contributed by atoms with E-state index in [1.54, 1.807) is 21.0 Å². The van der Waals surface area contributed by atoms with E-state index in [0.717, 1.165) is 0 Å². The number of ether oxygens (including phenoxy) is 3. The van der Waals surface area contributed by atoms with Crippen molar-refractivity contribution in [3.05, 3.63) is 34.9 Å². The zero-order valence-corrected chi connectivity index (χ0v) is 27.0. The molecule has 5 rings (SSSR count). The number of azo groups is 2. The van der Waals surface area contributed by atoms with Gasteiger partial charge in [-0.25, -0.2) is 19.0 Å². The molecule has 48 heavy (non-hydrogen) atoms. The number of hydrogen-bond donors (Lipinski definition) is 2. The lowest BCUT2D eigenvalue weighted by atomic mass is 10.2. The minimum absolute atomic E-state index is 0.0180. The molecule has 0 aliphatic heterocycles. The zero-order valence-electron chi connectivity index (χ0n) is 27.0. The number of hydrogen-bond acceptors (Lipinski definition) is 18. The fourth-order valence-electron chi connectivity index (χ4n) is 4.37.